The SMILES string of the molecule is CCn1cc(O)n(CCC(C)(C)CCSCCSCCC(C)(C)CCn2c(S)cn(CC)c2=S)c1=O. The highest BCUT2D eigenvalue weighted by atomic mass is 32.2. The maximum atomic E-state index is 12.3. The highest BCUT2D eigenvalue weighted by Crippen LogP contribution is 2.30. The summed E-state index contributed by atoms with van der Waals surface area (Å²) in [5.74, 6) is 4.73. The minimum atomic E-state index is -0.119. The fourth-order valence-electron chi connectivity index (χ4n) is 4.01. The standard InChI is InChI=1S/C26H46N4O2S4/c1-7-27-19-21(31)29(23(27)32)13-9-25(3,4)11-15-35-17-18-36-16-12-26(5,6)10-14-30-22(33)20-28(8-2)24(30)34/h19-20,31,33H,7-18H2,1-6H3. The van der Waals surface area contributed by atoms with Crippen molar-refractivity contribution in [2.75, 3.05) is 23.0 Å². The molecule has 0 atom stereocenters. The third-order valence-electron chi connectivity index (χ3n) is 6.97. The van der Waals surface area contributed by atoms with Crippen molar-refractivity contribution in [1.82, 2.24) is 18.3 Å². The van der Waals surface area contributed by atoms with Crippen molar-refractivity contribution in [3.8, 4) is 5.88 Å². The first-order valence-electron chi connectivity index (χ1n) is 13.0. The molecule has 1 N–H and O–H groups in total. The lowest BCUT2D eigenvalue weighted by molar-refractivity contribution is 0.292. The Kier molecular flexibility index (Phi) is 12.6. The molecule has 0 saturated heterocycles. The Morgan fingerprint density at radius 1 is 0.833 bits per heavy atom. The average molecular weight is 575 g/mol. The number of hydrogen-bond acceptors (Lipinski definition) is 6. The van der Waals surface area contributed by atoms with Crippen LogP contribution in [0.2, 0.25) is 0 Å². The van der Waals surface area contributed by atoms with Gasteiger partial charge in [0, 0.05) is 43.9 Å². The maximum absolute atomic E-state index is 12.3. The fraction of sp³-hybridized carbons (Fsp3) is 0.769. The second kappa shape index (κ2) is 14.4. The van der Waals surface area contributed by atoms with Crippen LogP contribution in [0.15, 0.2) is 22.2 Å². The van der Waals surface area contributed by atoms with Crippen LogP contribution < -0.4 is 5.69 Å². The van der Waals surface area contributed by atoms with Gasteiger partial charge in [-0.25, -0.2) is 4.79 Å². The Hall–Kier alpha value is -0.710. The van der Waals surface area contributed by atoms with E-state index >= 15 is 0 Å². The van der Waals surface area contributed by atoms with Gasteiger partial charge in [-0.3, -0.25) is 9.13 Å². The number of thioether (sulfide) groups is 2. The fourth-order valence-corrected chi connectivity index (χ4v) is 7.52. The Morgan fingerprint density at radius 3 is 1.78 bits per heavy atom. The molecule has 0 amide bonds. The number of aromatic nitrogens is 4. The molecule has 2 heterocycles. The Morgan fingerprint density at radius 2 is 1.33 bits per heavy atom. The van der Waals surface area contributed by atoms with Gasteiger partial charge in [-0.15, -0.1) is 12.6 Å². The van der Waals surface area contributed by atoms with E-state index < -0.39 is 0 Å². The maximum Gasteiger partial charge on any atom is 0.331 e. The Labute approximate surface area is 236 Å². The monoisotopic (exact) mass is 574 g/mol. The van der Waals surface area contributed by atoms with E-state index in [-0.39, 0.29) is 22.4 Å². The zero-order valence-electron chi connectivity index (χ0n) is 23.0. The van der Waals surface area contributed by atoms with Crippen LogP contribution in [-0.4, -0.2) is 46.4 Å². The first kappa shape index (κ1) is 31.5. The largest absolute Gasteiger partial charge is 0.493 e. The number of nitrogens with zero attached hydrogens (tertiary/aromatic N) is 4. The zero-order valence-corrected chi connectivity index (χ0v) is 26.3. The second-order valence-electron chi connectivity index (χ2n) is 11.0. The molecule has 0 saturated carbocycles. The van der Waals surface area contributed by atoms with E-state index in [1.54, 1.807) is 4.57 Å². The van der Waals surface area contributed by atoms with Crippen LogP contribution in [0.1, 0.15) is 67.2 Å². The predicted molar refractivity (Wildman–Crippen MR) is 163 cm³/mol. The van der Waals surface area contributed by atoms with Crippen LogP contribution in [0.25, 0.3) is 0 Å². The molecule has 0 aliphatic carbocycles. The van der Waals surface area contributed by atoms with Crippen molar-refractivity contribution in [1.29, 1.82) is 0 Å². The predicted octanol–water partition coefficient (Wildman–Crippen LogP) is 6.80. The summed E-state index contributed by atoms with van der Waals surface area (Å²) in [5.41, 5.74) is 0.298. The number of hydrogen-bond donors (Lipinski definition) is 2. The average Bonchev–Trinajstić information content (AvgIpc) is 3.25. The summed E-state index contributed by atoms with van der Waals surface area (Å²) >= 11 is 14.3. The summed E-state index contributed by atoms with van der Waals surface area (Å²) in [4.78, 5) is 12.3. The van der Waals surface area contributed by atoms with E-state index in [4.69, 9.17) is 12.2 Å². The van der Waals surface area contributed by atoms with Crippen LogP contribution >= 0.6 is 48.4 Å². The molecule has 0 fully saturated rings. The van der Waals surface area contributed by atoms with Crippen molar-refractivity contribution in [3.05, 3.63) is 27.6 Å². The topological polar surface area (TPSA) is 57.0 Å². The van der Waals surface area contributed by atoms with Gasteiger partial charge < -0.3 is 14.2 Å². The van der Waals surface area contributed by atoms with Crippen LogP contribution in [0.4, 0.5) is 0 Å². The lowest BCUT2D eigenvalue weighted by atomic mass is 9.86. The highest BCUT2D eigenvalue weighted by molar-refractivity contribution is 8.02. The van der Waals surface area contributed by atoms with E-state index in [0.717, 1.165) is 47.9 Å². The number of imidazole rings is 2. The number of thiol groups is 1. The normalized spacial score (nSPS) is 12.5. The van der Waals surface area contributed by atoms with Gasteiger partial charge in [0.1, 0.15) is 0 Å². The van der Waals surface area contributed by atoms with Gasteiger partial charge >= 0.3 is 5.69 Å². The van der Waals surface area contributed by atoms with Crippen LogP contribution in [-0.2, 0) is 26.2 Å². The molecule has 0 aliphatic heterocycles. The molecule has 0 aliphatic rings. The van der Waals surface area contributed by atoms with E-state index in [9.17, 15) is 9.90 Å². The van der Waals surface area contributed by atoms with Crippen molar-refractivity contribution in [3.63, 3.8) is 0 Å². The summed E-state index contributed by atoms with van der Waals surface area (Å²) < 4.78 is 8.14. The lowest BCUT2D eigenvalue weighted by Crippen LogP contribution is -2.26. The summed E-state index contributed by atoms with van der Waals surface area (Å²) in [5, 5.41) is 11.0. The van der Waals surface area contributed by atoms with Gasteiger partial charge in [-0.2, -0.15) is 23.5 Å². The minimum Gasteiger partial charge on any atom is -0.493 e. The third kappa shape index (κ3) is 9.55. The highest BCUT2D eigenvalue weighted by Gasteiger charge is 2.20. The molecule has 0 aromatic carbocycles. The van der Waals surface area contributed by atoms with Crippen molar-refractivity contribution in [2.24, 2.45) is 10.8 Å². The smallest absolute Gasteiger partial charge is 0.331 e. The molecule has 0 unspecified atom stereocenters. The number of rotatable bonds is 17. The van der Waals surface area contributed by atoms with Crippen molar-refractivity contribution < 1.29 is 5.11 Å². The first-order chi connectivity index (χ1) is 16.9. The molecule has 6 nitrogen and oxygen atoms in total. The zero-order chi connectivity index (χ0) is 26.9. The molecule has 0 spiro atoms. The van der Waals surface area contributed by atoms with Crippen LogP contribution in [0, 0.1) is 15.6 Å². The van der Waals surface area contributed by atoms with Crippen LogP contribution in [0.3, 0.4) is 0 Å². The summed E-state index contributed by atoms with van der Waals surface area (Å²) in [6.07, 6.45) is 7.84. The third-order valence-corrected chi connectivity index (χ3v) is 10.0. The van der Waals surface area contributed by atoms with Crippen LogP contribution in [0.5, 0.6) is 5.88 Å². The summed E-state index contributed by atoms with van der Waals surface area (Å²) in [6, 6.07) is 0. The Bertz CT molecular complexity index is 981. The molecule has 0 bridgehead atoms. The summed E-state index contributed by atoms with van der Waals surface area (Å²) in [6.45, 7) is 16.2. The molecular weight excluding hydrogens is 529 g/mol. The van der Waals surface area contributed by atoms with E-state index in [1.807, 2.05) is 24.9 Å². The van der Waals surface area contributed by atoms with Crippen molar-refractivity contribution in [2.45, 2.75) is 98.4 Å². The second-order valence-corrected chi connectivity index (χ2v) is 14.2. The molecular formula is C26H46N4O2S4. The van der Waals surface area contributed by atoms with E-state index in [2.05, 4.69) is 68.1 Å². The van der Waals surface area contributed by atoms with Gasteiger partial charge in [0.25, 0.3) is 0 Å². The van der Waals surface area contributed by atoms with Gasteiger partial charge in [-0.05, 0) is 74.1 Å². The van der Waals surface area contributed by atoms with E-state index in [0.29, 0.717) is 13.1 Å². The molecule has 10 heteroatoms. The molecule has 2 aromatic heterocycles. The molecule has 2 aromatic rings. The molecule has 206 valence electrons. The number of aryl methyl sites for hydroxylation is 2. The quantitative estimate of drug-likeness (QED) is 0.124. The van der Waals surface area contributed by atoms with E-state index in [1.165, 1.54) is 34.4 Å². The van der Waals surface area contributed by atoms with Gasteiger partial charge in [0.2, 0.25) is 5.88 Å². The summed E-state index contributed by atoms with van der Waals surface area (Å²) in [7, 11) is 0. The molecule has 0 radical (unpaired) electrons. The molecule has 2 rings (SSSR count). The minimum absolute atomic E-state index is 0.0677. The Balaban J connectivity index is 1.59. The van der Waals surface area contributed by atoms with Gasteiger partial charge in [0.15, 0.2) is 4.77 Å². The van der Waals surface area contributed by atoms with Gasteiger partial charge in [-0.1, -0.05) is 27.7 Å². The van der Waals surface area contributed by atoms with Gasteiger partial charge in [0.05, 0.1) is 11.2 Å². The number of aromatic hydroxyl groups is 1. The lowest BCUT2D eigenvalue weighted by Gasteiger charge is -2.25. The molecule has 36 heavy (non-hydrogen) atoms. The first-order valence-corrected chi connectivity index (χ1v) is 16.2. The van der Waals surface area contributed by atoms with Crippen molar-refractivity contribution >= 4 is 48.4 Å².